The molecule has 8 nitrogen and oxygen atoms in total. The van der Waals surface area contributed by atoms with Crippen molar-refractivity contribution in [3.05, 3.63) is 61.2 Å². The summed E-state index contributed by atoms with van der Waals surface area (Å²) in [6.45, 7) is 8.72. The molecule has 0 aromatic heterocycles. The number of hydrogen-bond acceptors (Lipinski definition) is 6. The van der Waals surface area contributed by atoms with E-state index < -0.39 is 35.6 Å². The fourth-order valence-corrected chi connectivity index (χ4v) is 7.12. The Bertz CT molecular complexity index is 1040. The summed E-state index contributed by atoms with van der Waals surface area (Å²) in [5, 5.41) is 9.35. The molecule has 4 rings (SSSR count). The van der Waals surface area contributed by atoms with E-state index in [1.807, 2.05) is 30.3 Å². The average Bonchev–Trinajstić information content (AvgIpc) is 3.50. The van der Waals surface area contributed by atoms with Crippen molar-refractivity contribution in [1.82, 2.24) is 9.80 Å². The highest BCUT2D eigenvalue weighted by atomic mass is 79.9. The van der Waals surface area contributed by atoms with Crippen LogP contribution >= 0.6 is 15.9 Å². The topological polar surface area (TPSA) is 96.4 Å². The Hall–Kier alpha value is -2.49. The molecule has 3 aliphatic heterocycles. The minimum absolute atomic E-state index is 0.00643. The summed E-state index contributed by atoms with van der Waals surface area (Å²) >= 11 is 3.68. The van der Waals surface area contributed by atoms with Gasteiger partial charge in [-0.2, -0.15) is 0 Å². The number of nitrogens with zero attached hydrogens (tertiary/aromatic N) is 2. The third kappa shape index (κ3) is 5.33. The maximum absolute atomic E-state index is 14.3. The molecule has 3 saturated heterocycles. The molecule has 6 atom stereocenters. The monoisotopic (exact) mass is 588 g/mol. The SMILES string of the molecule is C=CCCCOC(=O)[C@H]1[C@H]2C(=O)N(CCCCO)C(C(=O)N(CC=C)Cc3ccccc3)C23CC(Br)[C@@H]1O3. The lowest BCUT2D eigenvalue weighted by atomic mass is 9.70. The molecule has 3 heterocycles. The first-order chi connectivity index (χ1) is 18.4. The summed E-state index contributed by atoms with van der Waals surface area (Å²) in [7, 11) is 0. The molecule has 38 heavy (non-hydrogen) atoms. The molecule has 1 spiro atoms. The summed E-state index contributed by atoms with van der Waals surface area (Å²) in [4.78, 5) is 44.6. The number of amides is 2. The number of fused-ring (bicyclic) bond motifs is 1. The first kappa shape index (κ1) is 28.5. The highest BCUT2D eigenvalue weighted by Gasteiger charge is 2.77. The number of allylic oxidation sites excluding steroid dienone is 1. The average molecular weight is 590 g/mol. The van der Waals surface area contributed by atoms with Gasteiger partial charge in [-0.15, -0.1) is 13.2 Å². The van der Waals surface area contributed by atoms with Crippen LogP contribution in [0.5, 0.6) is 0 Å². The van der Waals surface area contributed by atoms with Gasteiger partial charge in [0, 0.05) is 31.1 Å². The fraction of sp³-hybridized carbons (Fsp3) is 0.552. The number of unbranched alkanes of at least 4 members (excludes halogenated alkanes) is 2. The molecular formula is C29H37BrN2O6. The smallest absolute Gasteiger partial charge is 0.312 e. The van der Waals surface area contributed by atoms with Crippen molar-refractivity contribution in [2.24, 2.45) is 11.8 Å². The maximum Gasteiger partial charge on any atom is 0.312 e. The molecule has 0 radical (unpaired) electrons. The molecule has 1 aromatic carbocycles. The Morgan fingerprint density at radius 1 is 1.21 bits per heavy atom. The normalized spacial score (nSPS) is 29.3. The van der Waals surface area contributed by atoms with Crippen molar-refractivity contribution in [2.75, 3.05) is 26.3 Å². The number of hydrogen-bond donors (Lipinski definition) is 1. The van der Waals surface area contributed by atoms with Crippen LogP contribution < -0.4 is 0 Å². The van der Waals surface area contributed by atoms with Crippen LogP contribution in [0.4, 0.5) is 0 Å². The van der Waals surface area contributed by atoms with Crippen molar-refractivity contribution >= 4 is 33.7 Å². The van der Waals surface area contributed by atoms with Crippen molar-refractivity contribution in [3.63, 3.8) is 0 Å². The van der Waals surface area contributed by atoms with E-state index in [0.29, 0.717) is 45.3 Å². The predicted octanol–water partition coefficient (Wildman–Crippen LogP) is 3.23. The number of benzene rings is 1. The number of esters is 1. The van der Waals surface area contributed by atoms with Gasteiger partial charge in [0.05, 0.1) is 24.5 Å². The van der Waals surface area contributed by atoms with E-state index in [9.17, 15) is 19.5 Å². The summed E-state index contributed by atoms with van der Waals surface area (Å²) in [5.74, 6) is -2.52. The van der Waals surface area contributed by atoms with Crippen molar-refractivity contribution in [1.29, 1.82) is 0 Å². The maximum atomic E-state index is 14.3. The standard InChI is InChI=1S/C29H37BrN2O6/c1-3-5-11-17-37-28(36)22-23-26(34)32(15-9-10-16-33)25(29(23)18-21(30)24(22)38-29)27(35)31(14-4-2)19-20-12-7-6-8-13-20/h3-4,6-8,12-13,21-25,33H,1-2,5,9-11,14-19H2/t21?,22-,23-,24-,25?,29?/m0/s1. The van der Waals surface area contributed by atoms with Gasteiger partial charge in [-0.1, -0.05) is 58.4 Å². The molecule has 9 heteroatoms. The Balaban J connectivity index is 1.66. The third-order valence-corrected chi connectivity index (χ3v) is 8.62. The van der Waals surface area contributed by atoms with Gasteiger partial charge in [0.1, 0.15) is 11.6 Å². The van der Waals surface area contributed by atoms with Gasteiger partial charge in [0.2, 0.25) is 11.8 Å². The molecule has 2 amide bonds. The lowest BCUT2D eigenvalue weighted by Gasteiger charge is -2.37. The number of carbonyl (C=O) groups excluding carboxylic acids is 3. The number of carbonyl (C=O) groups is 3. The zero-order valence-electron chi connectivity index (χ0n) is 21.7. The quantitative estimate of drug-likeness (QED) is 0.155. The minimum Gasteiger partial charge on any atom is -0.465 e. The van der Waals surface area contributed by atoms with Crippen LogP contribution in [0, 0.1) is 11.8 Å². The lowest BCUT2D eigenvalue weighted by Crippen LogP contribution is -2.56. The first-order valence-electron chi connectivity index (χ1n) is 13.3. The molecule has 0 saturated carbocycles. The number of likely N-dealkylation sites (tertiary alicyclic amines) is 1. The van der Waals surface area contributed by atoms with Gasteiger partial charge in [0.15, 0.2) is 0 Å². The van der Waals surface area contributed by atoms with Gasteiger partial charge in [0.25, 0.3) is 0 Å². The second-order valence-corrected chi connectivity index (χ2v) is 11.4. The number of ether oxygens (including phenoxy) is 2. The van der Waals surface area contributed by atoms with Crippen molar-refractivity contribution < 1.29 is 29.0 Å². The molecule has 3 aliphatic rings. The number of alkyl halides is 1. The summed E-state index contributed by atoms with van der Waals surface area (Å²) < 4.78 is 12.1. The van der Waals surface area contributed by atoms with E-state index in [2.05, 4.69) is 29.1 Å². The first-order valence-corrected chi connectivity index (χ1v) is 14.3. The summed E-state index contributed by atoms with van der Waals surface area (Å²) in [6.07, 6.45) is 5.74. The van der Waals surface area contributed by atoms with Gasteiger partial charge >= 0.3 is 5.97 Å². The van der Waals surface area contributed by atoms with Crippen molar-refractivity contribution in [3.8, 4) is 0 Å². The summed E-state index contributed by atoms with van der Waals surface area (Å²) in [6, 6.07) is 8.78. The molecule has 3 unspecified atom stereocenters. The summed E-state index contributed by atoms with van der Waals surface area (Å²) in [5.41, 5.74) is -0.170. The largest absolute Gasteiger partial charge is 0.465 e. The predicted molar refractivity (Wildman–Crippen MR) is 146 cm³/mol. The van der Waals surface area contributed by atoms with Gasteiger partial charge in [-0.3, -0.25) is 14.4 Å². The number of rotatable bonds is 14. The van der Waals surface area contributed by atoms with Crippen LogP contribution in [-0.2, 0) is 30.4 Å². The molecule has 3 fully saturated rings. The highest BCUT2D eigenvalue weighted by Crippen LogP contribution is 2.60. The van der Waals surface area contributed by atoms with Crippen LogP contribution in [0.1, 0.15) is 37.7 Å². The third-order valence-electron chi connectivity index (χ3n) is 7.78. The number of aliphatic hydroxyl groups is 1. The molecule has 206 valence electrons. The van der Waals surface area contributed by atoms with E-state index in [0.717, 1.165) is 12.0 Å². The van der Waals surface area contributed by atoms with Gasteiger partial charge < -0.3 is 24.4 Å². The molecule has 1 N–H and O–H groups in total. The highest BCUT2D eigenvalue weighted by molar-refractivity contribution is 9.09. The van der Waals surface area contributed by atoms with E-state index >= 15 is 0 Å². The zero-order chi connectivity index (χ0) is 27.3. The second-order valence-electron chi connectivity index (χ2n) is 10.2. The Morgan fingerprint density at radius 2 is 1.97 bits per heavy atom. The van der Waals surface area contributed by atoms with Crippen LogP contribution in [0.15, 0.2) is 55.6 Å². The fourth-order valence-electron chi connectivity index (χ4n) is 6.17. The molecule has 1 aromatic rings. The van der Waals surface area contributed by atoms with E-state index in [1.165, 1.54) is 0 Å². The Morgan fingerprint density at radius 3 is 2.66 bits per heavy atom. The van der Waals surface area contributed by atoms with Crippen LogP contribution in [-0.4, -0.2) is 81.6 Å². The molecule has 0 aliphatic carbocycles. The molecule has 2 bridgehead atoms. The van der Waals surface area contributed by atoms with Gasteiger partial charge in [-0.25, -0.2) is 0 Å². The lowest BCUT2D eigenvalue weighted by molar-refractivity contribution is -0.155. The van der Waals surface area contributed by atoms with E-state index in [4.69, 9.17) is 9.47 Å². The minimum atomic E-state index is -1.13. The van der Waals surface area contributed by atoms with Crippen molar-refractivity contribution in [2.45, 2.75) is 61.2 Å². The Kier molecular flexibility index (Phi) is 9.44. The second kappa shape index (κ2) is 12.6. The molecular weight excluding hydrogens is 552 g/mol. The number of aliphatic hydroxyl groups excluding tert-OH is 1. The van der Waals surface area contributed by atoms with E-state index in [1.54, 1.807) is 22.0 Å². The van der Waals surface area contributed by atoms with Crippen LogP contribution in [0.2, 0.25) is 0 Å². The van der Waals surface area contributed by atoms with Gasteiger partial charge in [-0.05, 0) is 37.7 Å². The number of halogens is 1. The van der Waals surface area contributed by atoms with E-state index in [-0.39, 0.29) is 29.9 Å². The van der Waals surface area contributed by atoms with Crippen LogP contribution in [0.3, 0.4) is 0 Å². The van der Waals surface area contributed by atoms with Crippen LogP contribution in [0.25, 0.3) is 0 Å². The zero-order valence-corrected chi connectivity index (χ0v) is 23.3. The Labute approximate surface area is 232 Å².